The Labute approximate surface area is 167 Å². The molecule has 1 amide bonds. The van der Waals surface area contributed by atoms with E-state index in [0.29, 0.717) is 21.8 Å². The lowest BCUT2D eigenvalue weighted by atomic mass is 10.2. The number of rotatable bonds is 6. The summed E-state index contributed by atoms with van der Waals surface area (Å²) >= 11 is 1.42. The number of allylic oxidation sites excluding steroid dienone is 1. The Morgan fingerprint density at radius 3 is 2.39 bits per heavy atom. The molecule has 0 aliphatic rings. The van der Waals surface area contributed by atoms with Crippen molar-refractivity contribution in [1.82, 2.24) is 4.98 Å². The van der Waals surface area contributed by atoms with Crippen LogP contribution in [0.15, 0.2) is 60.1 Å². The Morgan fingerprint density at radius 1 is 1.14 bits per heavy atom. The number of carbonyl (C=O) groups excluding carboxylic acids is 1. The molecule has 140 valence electrons. The summed E-state index contributed by atoms with van der Waals surface area (Å²) in [5.41, 5.74) is 3.32. The van der Waals surface area contributed by atoms with Crippen LogP contribution in [-0.2, 0) is 0 Å². The maximum Gasteiger partial charge on any atom is 0.255 e. The predicted octanol–water partition coefficient (Wildman–Crippen LogP) is 4.69. The van der Waals surface area contributed by atoms with Crippen LogP contribution < -0.4 is 15.4 Å². The number of nitriles is 1. The van der Waals surface area contributed by atoms with Crippen LogP contribution in [0.4, 0.5) is 11.4 Å². The van der Waals surface area contributed by atoms with Crippen molar-refractivity contribution < 1.29 is 9.53 Å². The van der Waals surface area contributed by atoms with Gasteiger partial charge in [-0.3, -0.25) is 4.79 Å². The normalized spacial score (nSPS) is 10.8. The summed E-state index contributed by atoms with van der Waals surface area (Å²) in [6.45, 7) is 1.89. The Bertz CT molecular complexity index is 1030. The Hall–Kier alpha value is -3.63. The van der Waals surface area contributed by atoms with E-state index >= 15 is 0 Å². The van der Waals surface area contributed by atoms with E-state index in [4.69, 9.17) is 4.74 Å². The molecule has 2 N–H and O–H groups in total. The number of hydrogen-bond acceptors (Lipinski definition) is 6. The van der Waals surface area contributed by atoms with E-state index < -0.39 is 0 Å². The van der Waals surface area contributed by atoms with Crippen LogP contribution in [0.25, 0.3) is 5.57 Å². The molecule has 28 heavy (non-hydrogen) atoms. The smallest absolute Gasteiger partial charge is 0.255 e. The molecule has 0 fully saturated rings. The van der Waals surface area contributed by atoms with Crippen molar-refractivity contribution in [2.75, 3.05) is 17.7 Å². The van der Waals surface area contributed by atoms with Crippen LogP contribution in [0, 0.1) is 18.3 Å². The summed E-state index contributed by atoms with van der Waals surface area (Å²) in [6.07, 6.45) is 1.62. The summed E-state index contributed by atoms with van der Waals surface area (Å²) in [5.74, 6) is 0.523. The first-order valence-corrected chi connectivity index (χ1v) is 9.32. The quantitative estimate of drug-likeness (QED) is 0.596. The zero-order chi connectivity index (χ0) is 19.9. The van der Waals surface area contributed by atoms with Crippen LogP contribution in [0.5, 0.6) is 5.75 Å². The van der Waals surface area contributed by atoms with Gasteiger partial charge in [-0.25, -0.2) is 4.98 Å². The zero-order valence-electron chi connectivity index (χ0n) is 15.4. The average molecular weight is 390 g/mol. The van der Waals surface area contributed by atoms with E-state index in [1.165, 1.54) is 11.3 Å². The molecule has 0 atom stereocenters. The van der Waals surface area contributed by atoms with Crippen LogP contribution >= 0.6 is 11.3 Å². The highest BCUT2D eigenvalue weighted by Gasteiger charge is 2.07. The second kappa shape index (κ2) is 8.84. The second-order valence-electron chi connectivity index (χ2n) is 5.87. The number of hydrogen-bond donors (Lipinski definition) is 2. The van der Waals surface area contributed by atoms with Gasteiger partial charge in [-0.2, -0.15) is 5.26 Å². The summed E-state index contributed by atoms with van der Waals surface area (Å²) < 4.78 is 5.10. The first-order valence-electron chi connectivity index (χ1n) is 8.44. The van der Waals surface area contributed by atoms with Crippen LogP contribution in [0.1, 0.15) is 21.1 Å². The summed E-state index contributed by atoms with van der Waals surface area (Å²) in [7, 11) is 1.59. The molecule has 0 radical (unpaired) electrons. The minimum atomic E-state index is -0.205. The van der Waals surface area contributed by atoms with Gasteiger partial charge < -0.3 is 15.4 Å². The number of anilines is 2. The lowest BCUT2D eigenvalue weighted by Crippen LogP contribution is -2.11. The monoisotopic (exact) mass is 390 g/mol. The molecule has 3 rings (SSSR count). The van der Waals surface area contributed by atoms with Crippen molar-refractivity contribution in [3.63, 3.8) is 0 Å². The van der Waals surface area contributed by atoms with Crippen molar-refractivity contribution in [3.8, 4) is 11.8 Å². The van der Waals surface area contributed by atoms with E-state index in [-0.39, 0.29) is 5.91 Å². The third-order valence-electron chi connectivity index (χ3n) is 3.85. The van der Waals surface area contributed by atoms with Crippen molar-refractivity contribution in [3.05, 3.63) is 76.4 Å². The number of ether oxygens (including phenoxy) is 1. The minimum absolute atomic E-state index is 0.205. The predicted molar refractivity (Wildman–Crippen MR) is 111 cm³/mol. The SMILES string of the molecule is COc1ccc(NC(=O)c2ccc(N/C=C(\C#N)c3nc(C)cs3)cc2)cc1. The maximum absolute atomic E-state index is 12.4. The van der Waals surface area contributed by atoms with E-state index in [2.05, 4.69) is 21.7 Å². The van der Waals surface area contributed by atoms with Crippen molar-refractivity contribution in [2.45, 2.75) is 6.92 Å². The topological polar surface area (TPSA) is 87.0 Å². The molecule has 7 heteroatoms. The molecular weight excluding hydrogens is 372 g/mol. The first kappa shape index (κ1) is 19.1. The molecule has 6 nitrogen and oxygen atoms in total. The van der Waals surface area contributed by atoms with Gasteiger partial charge in [-0.15, -0.1) is 11.3 Å². The fourth-order valence-electron chi connectivity index (χ4n) is 2.37. The lowest BCUT2D eigenvalue weighted by molar-refractivity contribution is 0.102. The lowest BCUT2D eigenvalue weighted by Gasteiger charge is -2.07. The molecule has 2 aromatic carbocycles. The van der Waals surface area contributed by atoms with Crippen LogP contribution in [-0.4, -0.2) is 18.0 Å². The maximum atomic E-state index is 12.4. The van der Waals surface area contributed by atoms with Gasteiger partial charge in [0.25, 0.3) is 5.91 Å². The van der Waals surface area contributed by atoms with Gasteiger partial charge in [0.05, 0.1) is 7.11 Å². The summed E-state index contributed by atoms with van der Waals surface area (Å²) in [5, 5.41) is 17.8. The molecule has 3 aromatic rings. The van der Waals surface area contributed by atoms with Crippen molar-refractivity contribution in [2.24, 2.45) is 0 Å². The Morgan fingerprint density at radius 2 is 1.82 bits per heavy atom. The van der Waals surface area contributed by atoms with Gasteiger partial charge in [0, 0.05) is 34.2 Å². The third kappa shape index (κ3) is 4.75. The molecule has 0 aliphatic carbocycles. The molecule has 0 saturated heterocycles. The van der Waals surface area contributed by atoms with E-state index in [1.54, 1.807) is 61.8 Å². The minimum Gasteiger partial charge on any atom is -0.497 e. The molecule has 0 bridgehead atoms. The van der Waals surface area contributed by atoms with Gasteiger partial charge >= 0.3 is 0 Å². The number of carbonyl (C=O) groups is 1. The van der Waals surface area contributed by atoms with Gasteiger partial charge in [-0.05, 0) is 55.5 Å². The highest BCUT2D eigenvalue weighted by molar-refractivity contribution is 7.10. The van der Waals surface area contributed by atoms with Crippen molar-refractivity contribution >= 4 is 34.2 Å². The number of benzene rings is 2. The highest BCUT2D eigenvalue weighted by Crippen LogP contribution is 2.20. The number of aromatic nitrogens is 1. The standard InChI is InChI=1S/C21H18N4O2S/c1-14-13-28-21(24-14)16(11-22)12-23-17-5-3-15(4-6-17)20(26)25-18-7-9-19(27-2)10-8-18/h3-10,12-13,23H,1-2H3,(H,25,26)/b16-12+. The van der Waals surface area contributed by atoms with Gasteiger partial charge in [0.2, 0.25) is 0 Å². The molecule has 1 aromatic heterocycles. The zero-order valence-corrected chi connectivity index (χ0v) is 16.2. The van der Waals surface area contributed by atoms with Crippen molar-refractivity contribution in [1.29, 1.82) is 5.26 Å². The van der Waals surface area contributed by atoms with Gasteiger partial charge in [-0.1, -0.05) is 0 Å². The molecule has 0 unspecified atom stereocenters. The number of aryl methyl sites for hydroxylation is 1. The summed E-state index contributed by atoms with van der Waals surface area (Å²) in [6, 6.07) is 16.3. The second-order valence-corrected chi connectivity index (χ2v) is 6.73. The fourth-order valence-corrected chi connectivity index (χ4v) is 3.13. The molecule has 0 spiro atoms. The molecule has 0 aliphatic heterocycles. The van der Waals surface area contributed by atoms with Gasteiger partial charge in [0.15, 0.2) is 0 Å². The molecular formula is C21H18N4O2S. The first-order chi connectivity index (χ1) is 13.6. The Balaban J connectivity index is 1.64. The van der Waals surface area contributed by atoms with E-state index in [1.807, 2.05) is 12.3 Å². The van der Waals surface area contributed by atoms with E-state index in [0.717, 1.165) is 17.1 Å². The molecule has 1 heterocycles. The van der Waals surface area contributed by atoms with Crippen LogP contribution in [0.3, 0.4) is 0 Å². The Kier molecular flexibility index (Phi) is 6.04. The number of nitrogens with one attached hydrogen (secondary N) is 2. The van der Waals surface area contributed by atoms with Crippen LogP contribution in [0.2, 0.25) is 0 Å². The number of nitrogens with zero attached hydrogens (tertiary/aromatic N) is 2. The third-order valence-corrected chi connectivity index (χ3v) is 4.84. The fraction of sp³-hybridized carbons (Fsp3) is 0.0952. The van der Waals surface area contributed by atoms with Gasteiger partial charge in [0.1, 0.15) is 22.4 Å². The number of thiazole rings is 1. The largest absolute Gasteiger partial charge is 0.497 e. The molecule has 0 saturated carbocycles. The number of methoxy groups -OCH3 is 1. The highest BCUT2D eigenvalue weighted by atomic mass is 32.1. The van der Waals surface area contributed by atoms with E-state index in [9.17, 15) is 10.1 Å². The number of amides is 1. The average Bonchev–Trinajstić information content (AvgIpc) is 3.15. The summed E-state index contributed by atoms with van der Waals surface area (Å²) in [4.78, 5) is 16.7.